The van der Waals surface area contributed by atoms with Crippen molar-refractivity contribution in [3.8, 4) is 0 Å². The van der Waals surface area contributed by atoms with E-state index in [-0.39, 0.29) is 23.4 Å². The third kappa shape index (κ3) is 5.64. The molecule has 0 aliphatic carbocycles. The second kappa shape index (κ2) is 8.00. The van der Waals surface area contributed by atoms with Crippen LogP contribution in [-0.4, -0.2) is 46.0 Å². The van der Waals surface area contributed by atoms with Gasteiger partial charge in [0.1, 0.15) is 6.23 Å². The van der Waals surface area contributed by atoms with Gasteiger partial charge in [-0.2, -0.15) is 13.2 Å². The molecule has 0 saturated carbocycles. The van der Waals surface area contributed by atoms with Gasteiger partial charge in [0, 0.05) is 13.6 Å². The van der Waals surface area contributed by atoms with Crippen molar-refractivity contribution in [3.05, 3.63) is 11.8 Å². The monoisotopic (exact) mass is 361 g/mol. The van der Waals surface area contributed by atoms with Gasteiger partial charge < -0.3 is 15.7 Å². The number of aliphatic hydroxyl groups excluding tert-OH is 1. The molecular formula is C11H16Cl2F3N5O. The van der Waals surface area contributed by atoms with Gasteiger partial charge in [0.2, 0.25) is 0 Å². The number of aromatic nitrogens is 2. The summed E-state index contributed by atoms with van der Waals surface area (Å²) in [5.74, 6) is 0.0696. The standard InChI is InChI=1S/C11H16Cl2F3N5O/c1-5(12)9(13)18-4-8(22)19-6-3-7(11(14,15)16)20-21-10(6)17-2/h3,5,8-9,18,22H,4H2,1-2H3,(H,17,21)(H,19,20)/t5-,8?,9?/m1/s1. The van der Waals surface area contributed by atoms with Crippen molar-refractivity contribution in [2.45, 2.75) is 30.2 Å². The molecule has 126 valence electrons. The lowest BCUT2D eigenvalue weighted by atomic mass is 10.3. The predicted molar refractivity (Wildman–Crippen MR) is 79.2 cm³/mol. The molecular weight excluding hydrogens is 346 g/mol. The molecule has 6 nitrogen and oxygen atoms in total. The van der Waals surface area contributed by atoms with Gasteiger partial charge in [0.05, 0.1) is 16.6 Å². The van der Waals surface area contributed by atoms with E-state index in [4.69, 9.17) is 23.2 Å². The van der Waals surface area contributed by atoms with Crippen molar-refractivity contribution in [1.29, 1.82) is 0 Å². The number of nitrogens with zero attached hydrogens (tertiary/aromatic N) is 2. The second-order valence-corrected chi connectivity index (χ2v) is 5.55. The average Bonchev–Trinajstić information content (AvgIpc) is 2.43. The van der Waals surface area contributed by atoms with Crippen molar-refractivity contribution in [3.63, 3.8) is 0 Å². The van der Waals surface area contributed by atoms with Crippen molar-refractivity contribution >= 4 is 34.7 Å². The Morgan fingerprint density at radius 1 is 1.32 bits per heavy atom. The molecule has 2 unspecified atom stereocenters. The van der Waals surface area contributed by atoms with Crippen LogP contribution >= 0.6 is 23.2 Å². The molecule has 0 fully saturated rings. The largest absolute Gasteiger partial charge is 0.435 e. The Balaban J connectivity index is 2.78. The van der Waals surface area contributed by atoms with Gasteiger partial charge in [-0.05, 0) is 13.0 Å². The number of rotatable bonds is 7. The zero-order valence-electron chi connectivity index (χ0n) is 11.7. The lowest BCUT2D eigenvalue weighted by molar-refractivity contribution is -0.141. The predicted octanol–water partition coefficient (Wildman–Crippen LogP) is 2.05. The molecule has 1 heterocycles. The molecule has 0 amide bonds. The highest BCUT2D eigenvalue weighted by atomic mass is 35.5. The maximum Gasteiger partial charge on any atom is 0.435 e. The van der Waals surface area contributed by atoms with Crippen LogP contribution in [0.2, 0.25) is 0 Å². The molecule has 0 bridgehead atoms. The Morgan fingerprint density at radius 3 is 2.45 bits per heavy atom. The molecule has 11 heteroatoms. The molecule has 1 aromatic heterocycles. The Kier molecular flexibility index (Phi) is 6.92. The van der Waals surface area contributed by atoms with Gasteiger partial charge in [-0.1, -0.05) is 0 Å². The highest BCUT2D eigenvalue weighted by Crippen LogP contribution is 2.30. The number of hydrogen-bond acceptors (Lipinski definition) is 6. The van der Waals surface area contributed by atoms with Gasteiger partial charge in [0.25, 0.3) is 0 Å². The number of nitrogens with one attached hydrogen (secondary N) is 3. The van der Waals surface area contributed by atoms with Crippen LogP contribution in [0.25, 0.3) is 0 Å². The fourth-order valence-electron chi connectivity index (χ4n) is 1.44. The number of hydrogen-bond donors (Lipinski definition) is 4. The lowest BCUT2D eigenvalue weighted by Crippen LogP contribution is -2.39. The summed E-state index contributed by atoms with van der Waals surface area (Å²) in [6.45, 7) is 1.63. The van der Waals surface area contributed by atoms with E-state index in [2.05, 4.69) is 26.1 Å². The van der Waals surface area contributed by atoms with Crippen molar-refractivity contribution in [1.82, 2.24) is 15.5 Å². The minimum absolute atomic E-state index is 0.0297. The topological polar surface area (TPSA) is 82.1 Å². The number of halogens is 5. The van der Waals surface area contributed by atoms with Gasteiger partial charge in [-0.3, -0.25) is 5.32 Å². The van der Waals surface area contributed by atoms with E-state index >= 15 is 0 Å². The molecule has 1 aromatic rings. The van der Waals surface area contributed by atoms with Crippen molar-refractivity contribution < 1.29 is 18.3 Å². The average molecular weight is 362 g/mol. The van der Waals surface area contributed by atoms with Gasteiger partial charge in [0.15, 0.2) is 11.5 Å². The first kappa shape index (κ1) is 19.0. The van der Waals surface area contributed by atoms with E-state index in [1.807, 2.05) is 0 Å². The van der Waals surface area contributed by atoms with Crippen LogP contribution in [0.4, 0.5) is 24.7 Å². The van der Waals surface area contributed by atoms with Crippen molar-refractivity contribution in [2.75, 3.05) is 24.2 Å². The van der Waals surface area contributed by atoms with E-state index < -0.39 is 23.6 Å². The van der Waals surface area contributed by atoms with Crippen LogP contribution in [-0.2, 0) is 6.18 Å². The molecule has 3 atom stereocenters. The zero-order valence-corrected chi connectivity index (χ0v) is 13.3. The van der Waals surface area contributed by atoms with Crippen LogP contribution < -0.4 is 16.0 Å². The summed E-state index contributed by atoms with van der Waals surface area (Å²) in [6.07, 6.45) is -5.83. The Morgan fingerprint density at radius 2 is 1.95 bits per heavy atom. The van der Waals surface area contributed by atoms with E-state index in [1.165, 1.54) is 7.05 Å². The molecule has 0 radical (unpaired) electrons. The van der Waals surface area contributed by atoms with E-state index in [0.29, 0.717) is 0 Å². The van der Waals surface area contributed by atoms with Crippen molar-refractivity contribution in [2.24, 2.45) is 0 Å². The summed E-state index contributed by atoms with van der Waals surface area (Å²) in [6, 6.07) is 0.754. The van der Waals surface area contributed by atoms with E-state index in [1.54, 1.807) is 6.92 Å². The fourth-order valence-corrected chi connectivity index (χ4v) is 1.62. The van der Waals surface area contributed by atoms with Gasteiger partial charge in [-0.15, -0.1) is 33.4 Å². The Labute approximate surface area is 135 Å². The van der Waals surface area contributed by atoms with Crippen LogP contribution in [0, 0.1) is 0 Å². The summed E-state index contributed by atoms with van der Waals surface area (Å²) in [7, 11) is 1.47. The summed E-state index contributed by atoms with van der Waals surface area (Å²) >= 11 is 11.6. The van der Waals surface area contributed by atoms with E-state index in [9.17, 15) is 18.3 Å². The highest BCUT2D eigenvalue weighted by molar-refractivity contribution is 6.29. The van der Waals surface area contributed by atoms with Crippen LogP contribution in [0.15, 0.2) is 6.07 Å². The molecule has 0 aromatic carbocycles. The molecule has 0 spiro atoms. The second-order valence-electron chi connectivity index (χ2n) is 4.39. The summed E-state index contributed by atoms with van der Waals surface area (Å²) in [5, 5.41) is 23.7. The number of alkyl halides is 5. The van der Waals surface area contributed by atoms with Crippen LogP contribution in [0.5, 0.6) is 0 Å². The minimum Gasteiger partial charge on any atom is -0.372 e. The quantitative estimate of drug-likeness (QED) is 0.338. The molecule has 1 rings (SSSR count). The molecule has 0 aliphatic rings. The first-order chi connectivity index (χ1) is 10.1. The molecule has 22 heavy (non-hydrogen) atoms. The molecule has 0 aliphatic heterocycles. The van der Waals surface area contributed by atoms with Gasteiger partial charge in [-0.25, -0.2) is 0 Å². The first-order valence-electron chi connectivity index (χ1n) is 6.24. The third-order valence-electron chi connectivity index (χ3n) is 2.55. The van der Waals surface area contributed by atoms with Crippen LogP contribution in [0.3, 0.4) is 0 Å². The SMILES string of the molecule is CNc1nnc(C(F)(F)F)cc1NC(O)CNC(Cl)[C@@H](C)Cl. The highest BCUT2D eigenvalue weighted by Gasteiger charge is 2.34. The number of aliphatic hydroxyl groups is 1. The van der Waals surface area contributed by atoms with Gasteiger partial charge >= 0.3 is 6.18 Å². The van der Waals surface area contributed by atoms with Crippen LogP contribution in [0.1, 0.15) is 12.6 Å². The number of anilines is 2. The first-order valence-corrected chi connectivity index (χ1v) is 7.11. The zero-order chi connectivity index (χ0) is 16.9. The Bertz CT molecular complexity index is 489. The fraction of sp³-hybridized carbons (Fsp3) is 0.636. The lowest BCUT2D eigenvalue weighted by Gasteiger charge is -2.20. The molecule has 0 saturated heterocycles. The molecule has 4 N–H and O–H groups in total. The Hall–Kier alpha value is -1.03. The smallest absolute Gasteiger partial charge is 0.372 e. The maximum absolute atomic E-state index is 12.6. The maximum atomic E-state index is 12.6. The third-order valence-corrected chi connectivity index (χ3v) is 3.47. The summed E-state index contributed by atoms with van der Waals surface area (Å²) in [4.78, 5) is 0. The summed E-state index contributed by atoms with van der Waals surface area (Å²) in [5.41, 5.74) is -1.80. The minimum atomic E-state index is -4.63. The normalized spacial score (nSPS) is 16.0. The summed E-state index contributed by atoms with van der Waals surface area (Å²) < 4.78 is 37.9. The van der Waals surface area contributed by atoms with E-state index in [0.717, 1.165) is 6.07 Å².